The molecule has 0 aromatic carbocycles. The number of hydrogen-bond donors (Lipinski definition) is 2. The van der Waals surface area contributed by atoms with Crippen LogP contribution in [0.4, 0.5) is 13.2 Å². The van der Waals surface area contributed by atoms with Crippen LogP contribution in [0, 0.1) is 28.6 Å². The third kappa shape index (κ3) is 2.31. The molecule has 2 nitrogen and oxygen atoms in total. The number of aliphatic hydroxyl groups excluding tert-OH is 2. The van der Waals surface area contributed by atoms with E-state index in [1.807, 2.05) is 6.08 Å². The van der Waals surface area contributed by atoms with Gasteiger partial charge in [0.05, 0.1) is 17.6 Å². The summed E-state index contributed by atoms with van der Waals surface area (Å²) in [6.45, 7) is 2.12. The third-order valence-corrected chi connectivity index (χ3v) is 8.11. The molecule has 0 aliphatic heterocycles. The lowest BCUT2D eigenvalue weighted by Gasteiger charge is -2.57. The quantitative estimate of drug-likeness (QED) is 0.667. The van der Waals surface area contributed by atoms with Crippen molar-refractivity contribution in [3.8, 4) is 0 Å². The molecule has 140 valence electrons. The molecule has 0 spiro atoms. The van der Waals surface area contributed by atoms with Crippen LogP contribution in [0.3, 0.4) is 0 Å². The number of aliphatic hydroxyl groups is 2. The SMILES string of the molecule is C[C@]12CCC3C(CC=C4C[C@@H](O)CC[C@@]43C(F)=C(F)F)C1CC[C@@H]2O. The van der Waals surface area contributed by atoms with E-state index in [0.717, 1.165) is 25.7 Å². The molecule has 5 heteroatoms. The minimum atomic E-state index is -2.21. The van der Waals surface area contributed by atoms with Gasteiger partial charge in [-0.2, -0.15) is 8.78 Å². The molecule has 3 fully saturated rings. The van der Waals surface area contributed by atoms with E-state index in [4.69, 9.17) is 0 Å². The van der Waals surface area contributed by atoms with Crippen molar-refractivity contribution >= 4 is 0 Å². The van der Waals surface area contributed by atoms with Crippen LogP contribution < -0.4 is 0 Å². The molecule has 0 aromatic rings. The van der Waals surface area contributed by atoms with Gasteiger partial charge in [0.1, 0.15) is 0 Å². The lowest BCUT2D eigenvalue weighted by molar-refractivity contribution is -0.0724. The molecule has 0 aromatic heterocycles. The Kier molecular flexibility index (Phi) is 4.12. The Labute approximate surface area is 146 Å². The first kappa shape index (κ1) is 17.6. The van der Waals surface area contributed by atoms with Crippen molar-refractivity contribution < 1.29 is 23.4 Å². The van der Waals surface area contributed by atoms with Crippen LogP contribution in [0.1, 0.15) is 58.3 Å². The minimum Gasteiger partial charge on any atom is -0.393 e. The molecule has 7 atom stereocenters. The summed E-state index contributed by atoms with van der Waals surface area (Å²) in [6, 6.07) is 0. The van der Waals surface area contributed by atoms with Gasteiger partial charge in [-0.3, -0.25) is 0 Å². The molecule has 4 aliphatic carbocycles. The Morgan fingerprint density at radius 1 is 1.04 bits per heavy atom. The third-order valence-electron chi connectivity index (χ3n) is 8.11. The second kappa shape index (κ2) is 5.85. The summed E-state index contributed by atoms with van der Waals surface area (Å²) in [5.41, 5.74) is -0.716. The number of halogens is 3. The molecule has 0 radical (unpaired) electrons. The van der Waals surface area contributed by atoms with Crippen LogP contribution in [0.5, 0.6) is 0 Å². The second-order valence-corrected chi connectivity index (χ2v) is 8.92. The number of rotatable bonds is 1. The van der Waals surface area contributed by atoms with E-state index in [1.165, 1.54) is 0 Å². The topological polar surface area (TPSA) is 40.5 Å². The van der Waals surface area contributed by atoms with Crippen molar-refractivity contribution in [2.24, 2.45) is 28.6 Å². The molecular weight excluding hydrogens is 329 g/mol. The van der Waals surface area contributed by atoms with E-state index in [1.54, 1.807) is 0 Å². The highest BCUT2D eigenvalue weighted by Crippen LogP contribution is 2.67. The predicted octanol–water partition coefficient (Wildman–Crippen LogP) is 4.73. The van der Waals surface area contributed by atoms with Crippen molar-refractivity contribution in [3.63, 3.8) is 0 Å². The highest BCUT2D eigenvalue weighted by atomic mass is 19.3. The first-order chi connectivity index (χ1) is 11.8. The van der Waals surface area contributed by atoms with Gasteiger partial charge in [-0.15, -0.1) is 0 Å². The predicted molar refractivity (Wildman–Crippen MR) is 88.4 cm³/mol. The molecule has 0 saturated heterocycles. The van der Waals surface area contributed by atoms with Gasteiger partial charge < -0.3 is 10.2 Å². The molecule has 3 unspecified atom stereocenters. The van der Waals surface area contributed by atoms with E-state index >= 15 is 0 Å². The normalized spacial score (nSPS) is 48.9. The number of hydrogen-bond acceptors (Lipinski definition) is 2. The molecule has 0 bridgehead atoms. The van der Waals surface area contributed by atoms with Gasteiger partial charge in [0.25, 0.3) is 0 Å². The number of allylic oxidation sites excluding steroid dienone is 2. The zero-order valence-electron chi connectivity index (χ0n) is 14.6. The maximum absolute atomic E-state index is 14.9. The number of fused-ring (bicyclic) bond motifs is 5. The largest absolute Gasteiger partial charge is 0.393 e. The molecule has 2 N–H and O–H groups in total. The van der Waals surface area contributed by atoms with Gasteiger partial charge in [0, 0.05) is 0 Å². The van der Waals surface area contributed by atoms with Crippen molar-refractivity contribution in [2.75, 3.05) is 0 Å². The summed E-state index contributed by atoms with van der Waals surface area (Å²) in [7, 11) is 0. The summed E-state index contributed by atoms with van der Waals surface area (Å²) in [5, 5.41) is 20.5. The molecule has 0 amide bonds. The monoisotopic (exact) mass is 356 g/mol. The second-order valence-electron chi connectivity index (χ2n) is 8.92. The Morgan fingerprint density at radius 2 is 1.80 bits per heavy atom. The smallest absolute Gasteiger partial charge is 0.302 e. The van der Waals surface area contributed by atoms with Gasteiger partial charge in [-0.05, 0) is 74.5 Å². The fraction of sp³-hybridized carbons (Fsp3) is 0.800. The molecule has 25 heavy (non-hydrogen) atoms. The van der Waals surface area contributed by atoms with Crippen LogP contribution in [0.2, 0.25) is 0 Å². The van der Waals surface area contributed by atoms with Crippen LogP contribution in [-0.2, 0) is 0 Å². The highest BCUT2D eigenvalue weighted by Gasteiger charge is 2.61. The van der Waals surface area contributed by atoms with E-state index in [9.17, 15) is 23.4 Å². The van der Waals surface area contributed by atoms with Crippen LogP contribution in [0.25, 0.3) is 0 Å². The summed E-state index contributed by atoms with van der Waals surface area (Å²) in [5.74, 6) is -1.01. The van der Waals surface area contributed by atoms with E-state index in [-0.39, 0.29) is 35.7 Å². The van der Waals surface area contributed by atoms with Gasteiger partial charge in [0.15, 0.2) is 5.83 Å². The van der Waals surface area contributed by atoms with Gasteiger partial charge in [0.2, 0.25) is 0 Å². The Morgan fingerprint density at radius 3 is 2.52 bits per heavy atom. The maximum Gasteiger partial charge on any atom is 0.302 e. The van der Waals surface area contributed by atoms with Crippen molar-refractivity contribution in [2.45, 2.75) is 70.5 Å². The van der Waals surface area contributed by atoms with Crippen LogP contribution in [-0.4, -0.2) is 22.4 Å². The van der Waals surface area contributed by atoms with Crippen LogP contribution >= 0.6 is 0 Å². The maximum atomic E-state index is 14.9. The Bertz CT molecular complexity index is 626. The van der Waals surface area contributed by atoms with Gasteiger partial charge in [-0.1, -0.05) is 18.6 Å². The minimum absolute atomic E-state index is 0.139. The van der Waals surface area contributed by atoms with Crippen molar-refractivity contribution in [3.05, 3.63) is 23.6 Å². The fourth-order valence-corrected chi connectivity index (χ4v) is 6.84. The first-order valence-corrected chi connectivity index (χ1v) is 9.57. The Hall–Kier alpha value is -0.810. The summed E-state index contributed by atoms with van der Waals surface area (Å²) >= 11 is 0. The Balaban J connectivity index is 1.79. The molecule has 4 aliphatic rings. The van der Waals surface area contributed by atoms with Crippen molar-refractivity contribution in [1.82, 2.24) is 0 Å². The van der Waals surface area contributed by atoms with E-state index < -0.39 is 23.4 Å². The average molecular weight is 356 g/mol. The lowest BCUT2D eigenvalue weighted by atomic mass is 9.47. The zero-order chi connectivity index (χ0) is 18.0. The standard InChI is InChI=1S/C20H27F3O2/c1-19-8-7-15-13(14(19)4-5-16(19)25)3-2-11-10-12(24)6-9-20(11,15)17(21)18(22)23/h2,12-16,24-25H,3-10H2,1H3/t12-,13?,14?,15?,16-,19-,20+/m0/s1. The van der Waals surface area contributed by atoms with Crippen LogP contribution in [0.15, 0.2) is 23.6 Å². The van der Waals surface area contributed by atoms with Gasteiger partial charge in [-0.25, -0.2) is 4.39 Å². The lowest BCUT2D eigenvalue weighted by Crippen LogP contribution is -2.52. The average Bonchev–Trinajstić information content (AvgIpc) is 2.89. The summed E-state index contributed by atoms with van der Waals surface area (Å²) < 4.78 is 41.7. The molecular formula is C20H27F3O2. The first-order valence-electron chi connectivity index (χ1n) is 9.57. The fourth-order valence-electron chi connectivity index (χ4n) is 6.84. The zero-order valence-corrected chi connectivity index (χ0v) is 14.6. The van der Waals surface area contributed by atoms with E-state index in [2.05, 4.69) is 6.92 Å². The van der Waals surface area contributed by atoms with Crippen molar-refractivity contribution in [1.29, 1.82) is 0 Å². The summed E-state index contributed by atoms with van der Waals surface area (Å²) in [4.78, 5) is 0. The molecule has 0 heterocycles. The molecule has 4 rings (SSSR count). The summed E-state index contributed by atoms with van der Waals surface area (Å²) in [6.07, 6.45) is 3.58. The molecule has 3 saturated carbocycles. The van der Waals surface area contributed by atoms with Gasteiger partial charge >= 0.3 is 6.08 Å². The van der Waals surface area contributed by atoms with E-state index in [0.29, 0.717) is 24.8 Å². The highest BCUT2D eigenvalue weighted by molar-refractivity contribution is 5.35.